The topological polar surface area (TPSA) is 96.5 Å². The molecule has 0 aliphatic rings. The Balaban J connectivity index is 1.49. The van der Waals surface area contributed by atoms with E-state index in [9.17, 15) is 14.4 Å². The minimum Gasteiger partial charge on any atom is -0.497 e. The van der Waals surface area contributed by atoms with Crippen LogP contribution in [0.25, 0.3) is 6.08 Å². The van der Waals surface area contributed by atoms with Crippen molar-refractivity contribution in [1.29, 1.82) is 0 Å². The van der Waals surface area contributed by atoms with Gasteiger partial charge in [-0.2, -0.15) is 0 Å². The monoisotopic (exact) mass is 565 g/mol. The summed E-state index contributed by atoms with van der Waals surface area (Å²) in [5.41, 5.74) is 3.55. The summed E-state index contributed by atoms with van der Waals surface area (Å²) in [6.45, 7) is 3.82. The molecule has 0 radical (unpaired) electrons. The number of thioether (sulfide) groups is 1. The van der Waals surface area contributed by atoms with E-state index in [-0.39, 0.29) is 16.9 Å². The minimum absolute atomic E-state index is 0.0657. The van der Waals surface area contributed by atoms with Gasteiger partial charge in [-0.15, -0.1) is 11.8 Å². The largest absolute Gasteiger partial charge is 0.497 e. The second kappa shape index (κ2) is 14.0. The highest BCUT2D eigenvalue weighted by Crippen LogP contribution is 2.27. The zero-order chi connectivity index (χ0) is 29.2. The molecule has 3 N–H and O–H groups in total. The summed E-state index contributed by atoms with van der Waals surface area (Å²) in [6.07, 6.45) is 1.59. The third-order valence-corrected chi connectivity index (χ3v) is 7.12. The molecular formula is C33H31N3O4S. The molecule has 1 atom stereocenters. The molecular weight excluding hydrogens is 534 g/mol. The zero-order valence-electron chi connectivity index (χ0n) is 23.0. The van der Waals surface area contributed by atoms with E-state index in [1.54, 1.807) is 73.8 Å². The maximum absolute atomic E-state index is 13.4. The molecule has 4 aromatic rings. The van der Waals surface area contributed by atoms with E-state index in [1.807, 2.05) is 56.3 Å². The third-order valence-electron chi connectivity index (χ3n) is 6.03. The van der Waals surface area contributed by atoms with E-state index in [2.05, 4.69) is 16.0 Å². The fraction of sp³-hybridized carbons (Fsp3) is 0.121. The van der Waals surface area contributed by atoms with E-state index < -0.39 is 11.8 Å². The Kier molecular flexibility index (Phi) is 9.96. The molecule has 3 amide bonds. The van der Waals surface area contributed by atoms with Crippen molar-refractivity contribution < 1.29 is 19.1 Å². The van der Waals surface area contributed by atoms with E-state index in [1.165, 1.54) is 11.8 Å². The van der Waals surface area contributed by atoms with Crippen LogP contribution < -0.4 is 20.7 Å². The molecule has 0 heterocycles. The van der Waals surface area contributed by atoms with Gasteiger partial charge in [-0.3, -0.25) is 14.4 Å². The van der Waals surface area contributed by atoms with Crippen molar-refractivity contribution in [2.45, 2.75) is 24.0 Å². The molecule has 8 heteroatoms. The number of carbonyl (C=O) groups is 3. The summed E-state index contributed by atoms with van der Waals surface area (Å²) in [5, 5.41) is 8.16. The first kappa shape index (κ1) is 29.2. The summed E-state index contributed by atoms with van der Waals surface area (Å²) in [5.74, 6) is -0.407. The van der Waals surface area contributed by atoms with Crippen LogP contribution in [-0.4, -0.2) is 30.1 Å². The van der Waals surface area contributed by atoms with Gasteiger partial charge < -0.3 is 20.7 Å². The molecule has 0 aliphatic carbocycles. The van der Waals surface area contributed by atoms with Gasteiger partial charge in [0.05, 0.1) is 12.4 Å². The lowest BCUT2D eigenvalue weighted by atomic mass is 10.1. The lowest BCUT2D eigenvalue weighted by molar-refractivity contribution is -0.115. The van der Waals surface area contributed by atoms with Crippen LogP contribution in [0.15, 0.2) is 114 Å². The van der Waals surface area contributed by atoms with Crippen LogP contribution in [0.4, 0.5) is 11.4 Å². The van der Waals surface area contributed by atoms with Gasteiger partial charge in [0.25, 0.3) is 11.8 Å². The Labute approximate surface area is 244 Å². The number of amides is 3. The van der Waals surface area contributed by atoms with Crippen molar-refractivity contribution in [3.8, 4) is 5.75 Å². The molecule has 1 unspecified atom stereocenters. The number of nitrogens with one attached hydrogen (secondary N) is 3. The van der Waals surface area contributed by atoms with E-state index >= 15 is 0 Å². The van der Waals surface area contributed by atoms with E-state index in [0.717, 1.165) is 16.1 Å². The first-order valence-electron chi connectivity index (χ1n) is 13.0. The van der Waals surface area contributed by atoms with Crippen molar-refractivity contribution in [1.82, 2.24) is 5.32 Å². The highest BCUT2D eigenvalue weighted by atomic mass is 32.2. The average molecular weight is 566 g/mol. The number of anilines is 2. The van der Waals surface area contributed by atoms with E-state index in [0.29, 0.717) is 22.6 Å². The second-order valence-electron chi connectivity index (χ2n) is 9.25. The molecule has 0 saturated heterocycles. The standard InChI is InChI=1S/C33H31N3O4S/c1-22-15-17-26(18-16-22)34-31(37)23(2)41-29-14-8-12-27(21-29)35-33(39)30(20-24-9-7-13-28(19-24)40-3)36-32(38)25-10-5-4-6-11-25/h4-21,23H,1-3H3,(H,34,37)(H,35,39)(H,36,38)/b30-20-. The summed E-state index contributed by atoms with van der Waals surface area (Å²) in [4.78, 5) is 39.9. The molecule has 208 valence electrons. The molecule has 0 bridgehead atoms. The van der Waals surface area contributed by atoms with Crippen LogP contribution in [-0.2, 0) is 9.59 Å². The summed E-state index contributed by atoms with van der Waals surface area (Å²) in [7, 11) is 1.56. The predicted octanol–water partition coefficient (Wildman–Crippen LogP) is 6.53. The fourth-order valence-corrected chi connectivity index (χ4v) is 4.75. The molecule has 0 fully saturated rings. The first-order chi connectivity index (χ1) is 19.8. The maximum Gasteiger partial charge on any atom is 0.272 e. The number of methoxy groups -OCH3 is 1. The van der Waals surface area contributed by atoms with Crippen LogP contribution in [0, 0.1) is 6.92 Å². The van der Waals surface area contributed by atoms with Crippen molar-refractivity contribution in [2.75, 3.05) is 17.7 Å². The number of aryl methyl sites for hydroxylation is 1. The number of carbonyl (C=O) groups excluding carboxylic acids is 3. The molecule has 0 aliphatic heterocycles. The maximum atomic E-state index is 13.4. The van der Waals surface area contributed by atoms with Gasteiger partial charge in [0, 0.05) is 21.8 Å². The zero-order valence-corrected chi connectivity index (χ0v) is 23.8. The SMILES string of the molecule is COc1cccc(/C=C(\NC(=O)c2ccccc2)C(=O)Nc2cccc(SC(C)C(=O)Nc3ccc(C)cc3)c2)c1. The second-order valence-corrected chi connectivity index (χ2v) is 10.7. The molecule has 4 aromatic carbocycles. The highest BCUT2D eigenvalue weighted by Gasteiger charge is 2.17. The lowest BCUT2D eigenvalue weighted by Gasteiger charge is -2.14. The van der Waals surface area contributed by atoms with Crippen molar-refractivity contribution in [3.63, 3.8) is 0 Å². The van der Waals surface area contributed by atoms with Gasteiger partial charge in [-0.1, -0.05) is 54.1 Å². The van der Waals surface area contributed by atoms with Gasteiger partial charge in [0.1, 0.15) is 11.4 Å². The average Bonchev–Trinajstić information content (AvgIpc) is 2.98. The molecule has 0 saturated carbocycles. The molecule has 41 heavy (non-hydrogen) atoms. The van der Waals surface area contributed by atoms with Crippen LogP contribution >= 0.6 is 11.8 Å². The normalized spacial score (nSPS) is 11.7. The van der Waals surface area contributed by atoms with Gasteiger partial charge >= 0.3 is 0 Å². The fourth-order valence-electron chi connectivity index (χ4n) is 3.82. The van der Waals surface area contributed by atoms with Gasteiger partial charge in [0.2, 0.25) is 5.91 Å². The van der Waals surface area contributed by atoms with Crippen LogP contribution in [0.5, 0.6) is 5.75 Å². The van der Waals surface area contributed by atoms with Crippen molar-refractivity contribution in [2.24, 2.45) is 0 Å². The third kappa shape index (κ3) is 8.58. The molecule has 0 spiro atoms. The van der Waals surface area contributed by atoms with Crippen LogP contribution in [0.3, 0.4) is 0 Å². The smallest absolute Gasteiger partial charge is 0.272 e. The molecule has 4 rings (SSSR count). The van der Waals surface area contributed by atoms with Gasteiger partial charge in [0.15, 0.2) is 0 Å². The van der Waals surface area contributed by atoms with E-state index in [4.69, 9.17) is 4.74 Å². The lowest BCUT2D eigenvalue weighted by Crippen LogP contribution is -2.30. The van der Waals surface area contributed by atoms with Gasteiger partial charge in [-0.25, -0.2) is 0 Å². The number of hydrogen-bond acceptors (Lipinski definition) is 5. The van der Waals surface area contributed by atoms with Crippen molar-refractivity contribution >= 4 is 46.9 Å². The molecule has 0 aromatic heterocycles. The van der Waals surface area contributed by atoms with Gasteiger partial charge in [-0.05, 0) is 80.1 Å². The Hall–Kier alpha value is -4.82. The summed E-state index contributed by atoms with van der Waals surface area (Å²) < 4.78 is 5.29. The number of ether oxygens (including phenoxy) is 1. The first-order valence-corrected chi connectivity index (χ1v) is 13.9. The Morgan fingerprint density at radius 1 is 0.805 bits per heavy atom. The number of rotatable bonds is 10. The Morgan fingerprint density at radius 2 is 1.54 bits per heavy atom. The summed E-state index contributed by atoms with van der Waals surface area (Å²) in [6, 6.07) is 30.7. The Morgan fingerprint density at radius 3 is 2.27 bits per heavy atom. The predicted molar refractivity (Wildman–Crippen MR) is 165 cm³/mol. The van der Waals surface area contributed by atoms with Crippen molar-refractivity contribution in [3.05, 3.63) is 126 Å². The minimum atomic E-state index is -0.496. The van der Waals surface area contributed by atoms with Crippen LogP contribution in [0.1, 0.15) is 28.4 Å². The number of benzene rings is 4. The molecule has 7 nitrogen and oxygen atoms in total. The quantitative estimate of drug-likeness (QED) is 0.150. The Bertz CT molecular complexity index is 1550. The van der Waals surface area contributed by atoms with Crippen LogP contribution in [0.2, 0.25) is 0 Å². The highest BCUT2D eigenvalue weighted by molar-refractivity contribution is 8.00. The summed E-state index contributed by atoms with van der Waals surface area (Å²) >= 11 is 1.38. The number of hydrogen-bond donors (Lipinski definition) is 3.